The first kappa shape index (κ1) is 14.7. The molecule has 1 aliphatic heterocycles. The second-order valence-corrected chi connectivity index (χ2v) is 5.41. The highest BCUT2D eigenvalue weighted by Crippen LogP contribution is 2.28. The molecule has 0 amide bonds. The van der Waals surface area contributed by atoms with E-state index in [1.807, 2.05) is 6.92 Å². The minimum Gasteiger partial charge on any atom is -0.396 e. The van der Waals surface area contributed by atoms with Gasteiger partial charge in [-0.3, -0.25) is 0 Å². The van der Waals surface area contributed by atoms with E-state index in [1.54, 1.807) is 6.07 Å². The van der Waals surface area contributed by atoms with Gasteiger partial charge < -0.3 is 10.0 Å². The summed E-state index contributed by atoms with van der Waals surface area (Å²) in [5.41, 5.74) is 0.424. The van der Waals surface area contributed by atoms with Crippen LogP contribution in [0, 0.1) is 17.2 Å². The van der Waals surface area contributed by atoms with Gasteiger partial charge in [-0.1, -0.05) is 13.8 Å². The van der Waals surface area contributed by atoms with Gasteiger partial charge in [0, 0.05) is 31.7 Å². The molecule has 1 aromatic heterocycles. The largest absolute Gasteiger partial charge is 0.396 e. The zero-order valence-corrected chi connectivity index (χ0v) is 12.2. The highest BCUT2D eigenvalue weighted by atomic mass is 16.3. The first-order valence-corrected chi connectivity index (χ1v) is 7.35. The van der Waals surface area contributed by atoms with E-state index in [9.17, 15) is 5.11 Å². The van der Waals surface area contributed by atoms with Crippen LogP contribution in [0.5, 0.6) is 0 Å². The lowest BCUT2D eigenvalue weighted by molar-refractivity contribution is 0.200. The van der Waals surface area contributed by atoms with E-state index >= 15 is 0 Å². The molecule has 1 aromatic rings. The Kier molecular flexibility index (Phi) is 4.91. The first-order chi connectivity index (χ1) is 9.69. The summed E-state index contributed by atoms with van der Waals surface area (Å²) in [6.45, 7) is 5.17. The molecule has 2 unspecified atom stereocenters. The van der Waals surface area contributed by atoms with Crippen molar-refractivity contribution in [1.29, 1.82) is 5.26 Å². The minimum atomic E-state index is 0.179. The summed E-state index contributed by atoms with van der Waals surface area (Å²) in [4.78, 5) is 11.0. The number of piperidine rings is 1. The molecule has 0 bridgehead atoms. The fourth-order valence-electron chi connectivity index (χ4n) is 2.80. The quantitative estimate of drug-likeness (QED) is 0.907. The van der Waals surface area contributed by atoms with Crippen LogP contribution in [0.3, 0.4) is 0 Å². The molecular formula is C15H22N4O. The van der Waals surface area contributed by atoms with Crippen LogP contribution in [0.15, 0.2) is 6.07 Å². The molecule has 2 heterocycles. The number of nitriles is 1. The smallest absolute Gasteiger partial charge is 0.146 e. The molecule has 20 heavy (non-hydrogen) atoms. The Morgan fingerprint density at radius 3 is 2.95 bits per heavy atom. The molecule has 1 aliphatic rings. The molecule has 2 atom stereocenters. The highest BCUT2D eigenvalue weighted by molar-refractivity contribution is 5.44. The average molecular weight is 274 g/mol. The number of anilines is 1. The standard InChI is InChI=1S/C15H22N4O/c1-3-14-17-12(9-16)8-15(18-14)19-7-5-4-6-13(19)11(2)10-20/h8,11,13,20H,3-7,10H2,1-2H3. The van der Waals surface area contributed by atoms with Crippen molar-refractivity contribution in [1.82, 2.24) is 9.97 Å². The lowest BCUT2D eigenvalue weighted by Gasteiger charge is -2.39. The zero-order valence-electron chi connectivity index (χ0n) is 12.2. The summed E-state index contributed by atoms with van der Waals surface area (Å²) in [5, 5.41) is 18.5. The molecule has 0 saturated carbocycles. The van der Waals surface area contributed by atoms with E-state index in [0.717, 1.165) is 31.6 Å². The van der Waals surface area contributed by atoms with Crippen molar-refractivity contribution >= 4 is 5.82 Å². The number of aliphatic hydroxyl groups excluding tert-OH is 1. The van der Waals surface area contributed by atoms with Crippen molar-refractivity contribution in [3.8, 4) is 6.07 Å². The number of nitrogens with zero attached hydrogens (tertiary/aromatic N) is 4. The molecule has 0 aliphatic carbocycles. The Morgan fingerprint density at radius 1 is 1.50 bits per heavy atom. The molecule has 0 radical (unpaired) electrons. The van der Waals surface area contributed by atoms with Crippen LogP contribution < -0.4 is 4.90 Å². The average Bonchev–Trinajstić information content (AvgIpc) is 2.53. The SMILES string of the molecule is CCc1nc(C#N)cc(N2CCCCC2C(C)CO)n1. The van der Waals surface area contributed by atoms with E-state index in [0.29, 0.717) is 17.6 Å². The maximum Gasteiger partial charge on any atom is 0.146 e. The Morgan fingerprint density at radius 2 is 2.30 bits per heavy atom. The van der Waals surface area contributed by atoms with E-state index in [2.05, 4.69) is 27.9 Å². The Labute approximate surface area is 120 Å². The zero-order chi connectivity index (χ0) is 14.5. The van der Waals surface area contributed by atoms with Crippen molar-refractivity contribution in [2.24, 2.45) is 5.92 Å². The summed E-state index contributed by atoms with van der Waals surface area (Å²) in [6, 6.07) is 4.17. The Bertz CT molecular complexity index is 497. The van der Waals surface area contributed by atoms with E-state index in [4.69, 9.17) is 5.26 Å². The lowest BCUT2D eigenvalue weighted by atomic mass is 9.92. The summed E-state index contributed by atoms with van der Waals surface area (Å²) >= 11 is 0. The van der Waals surface area contributed by atoms with Crippen LogP contribution >= 0.6 is 0 Å². The molecule has 1 saturated heterocycles. The maximum atomic E-state index is 9.44. The lowest BCUT2D eigenvalue weighted by Crippen LogP contribution is -2.45. The van der Waals surface area contributed by atoms with Crippen LogP contribution in [0.2, 0.25) is 0 Å². The third kappa shape index (κ3) is 3.07. The molecular weight excluding hydrogens is 252 g/mol. The predicted molar refractivity (Wildman–Crippen MR) is 77.4 cm³/mol. The summed E-state index contributed by atoms with van der Waals surface area (Å²) < 4.78 is 0. The van der Waals surface area contributed by atoms with Gasteiger partial charge >= 0.3 is 0 Å². The third-order valence-electron chi connectivity index (χ3n) is 3.98. The van der Waals surface area contributed by atoms with E-state index in [-0.39, 0.29) is 12.5 Å². The Balaban J connectivity index is 2.34. The van der Waals surface area contributed by atoms with Crippen LogP contribution in [-0.4, -0.2) is 34.3 Å². The molecule has 0 spiro atoms. The fraction of sp³-hybridized carbons (Fsp3) is 0.667. The van der Waals surface area contributed by atoms with E-state index < -0.39 is 0 Å². The molecule has 1 N–H and O–H groups in total. The molecule has 0 aromatic carbocycles. The number of aromatic nitrogens is 2. The van der Waals surface area contributed by atoms with Crippen molar-refractivity contribution in [3.63, 3.8) is 0 Å². The second kappa shape index (κ2) is 6.67. The van der Waals surface area contributed by atoms with Crippen LogP contribution in [0.4, 0.5) is 5.82 Å². The van der Waals surface area contributed by atoms with Crippen molar-refractivity contribution in [2.75, 3.05) is 18.1 Å². The number of hydrogen-bond acceptors (Lipinski definition) is 5. The number of aryl methyl sites for hydroxylation is 1. The van der Waals surface area contributed by atoms with E-state index in [1.165, 1.54) is 6.42 Å². The number of rotatable bonds is 4. The molecule has 5 heteroatoms. The topological polar surface area (TPSA) is 73.0 Å². The van der Waals surface area contributed by atoms with Gasteiger partial charge in [0.15, 0.2) is 0 Å². The van der Waals surface area contributed by atoms with Gasteiger partial charge in [0.25, 0.3) is 0 Å². The monoisotopic (exact) mass is 274 g/mol. The second-order valence-electron chi connectivity index (χ2n) is 5.41. The van der Waals surface area contributed by atoms with Crippen molar-refractivity contribution in [2.45, 2.75) is 45.6 Å². The molecule has 108 valence electrons. The first-order valence-electron chi connectivity index (χ1n) is 7.35. The van der Waals surface area contributed by atoms with Crippen molar-refractivity contribution in [3.05, 3.63) is 17.6 Å². The molecule has 1 fully saturated rings. The van der Waals surface area contributed by atoms with Gasteiger partial charge in [0.2, 0.25) is 0 Å². The maximum absolute atomic E-state index is 9.44. The van der Waals surface area contributed by atoms with Crippen LogP contribution in [-0.2, 0) is 6.42 Å². The third-order valence-corrected chi connectivity index (χ3v) is 3.98. The summed E-state index contributed by atoms with van der Waals surface area (Å²) in [5.74, 6) is 1.75. The van der Waals surface area contributed by atoms with Crippen LogP contribution in [0.1, 0.15) is 44.6 Å². The normalized spacial score (nSPS) is 20.5. The van der Waals surface area contributed by atoms with Crippen LogP contribution in [0.25, 0.3) is 0 Å². The fourth-order valence-corrected chi connectivity index (χ4v) is 2.80. The number of hydrogen-bond donors (Lipinski definition) is 1. The van der Waals surface area contributed by atoms with Gasteiger partial charge in [-0.25, -0.2) is 9.97 Å². The highest BCUT2D eigenvalue weighted by Gasteiger charge is 2.28. The van der Waals surface area contributed by atoms with Gasteiger partial charge in [-0.15, -0.1) is 0 Å². The summed E-state index contributed by atoms with van der Waals surface area (Å²) in [6.07, 6.45) is 4.09. The molecule has 2 rings (SSSR count). The van der Waals surface area contributed by atoms with Gasteiger partial charge in [0.05, 0.1) is 0 Å². The summed E-state index contributed by atoms with van der Waals surface area (Å²) in [7, 11) is 0. The number of aliphatic hydroxyl groups is 1. The molecule has 5 nitrogen and oxygen atoms in total. The Hall–Kier alpha value is -1.67. The van der Waals surface area contributed by atoms with Crippen molar-refractivity contribution < 1.29 is 5.11 Å². The predicted octanol–water partition coefficient (Wildman–Crippen LogP) is 1.90. The van der Waals surface area contributed by atoms with Gasteiger partial charge in [-0.2, -0.15) is 5.26 Å². The minimum absolute atomic E-state index is 0.179. The van der Waals surface area contributed by atoms with Gasteiger partial charge in [0.1, 0.15) is 23.4 Å². The van der Waals surface area contributed by atoms with Gasteiger partial charge in [-0.05, 0) is 25.2 Å².